The van der Waals surface area contributed by atoms with E-state index in [4.69, 9.17) is 0 Å². The van der Waals surface area contributed by atoms with Gasteiger partial charge in [-0.15, -0.1) is 0 Å². The number of hydrogen-bond donors (Lipinski definition) is 0. The standard InChI is InChI=1S/C17H16N2O/c1-11-8-9-12(2)15(10-11)16-13-6-4-5-7-14(13)17(20)19(3)18-16/h4-10H,1-3H3. The molecule has 0 N–H and O–H groups in total. The molecule has 100 valence electrons. The molecule has 0 aliphatic carbocycles. The van der Waals surface area contributed by atoms with E-state index in [1.165, 1.54) is 10.2 Å². The summed E-state index contributed by atoms with van der Waals surface area (Å²) >= 11 is 0. The Morgan fingerprint density at radius 1 is 1.00 bits per heavy atom. The van der Waals surface area contributed by atoms with E-state index in [-0.39, 0.29) is 5.56 Å². The quantitative estimate of drug-likeness (QED) is 0.676. The highest BCUT2D eigenvalue weighted by Crippen LogP contribution is 2.27. The monoisotopic (exact) mass is 264 g/mol. The van der Waals surface area contributed by atoms with Gasteiger partial charge in [0.05, 0.1) is 11.1 Å². The van der Waals surface area contributed by atoms with Crippen LogP contribution in [0.5, 0.6) is 0 Å². The lowest BCUT2D eigenvalue weighted by molar-refractivity contribution is 0.722. The SMILES string of the molecule is Cc1ccc(C)c(-c2nn(C)c(=O)c3ccccc23)c1. The van der Waals surface area contributed by atoms with Gasteiger partial charge in [0.15, 0.2) is 0 Å². The van der Waals surface area contributed by atoms with Gasteiger partial charge in [0, 0.05) is 18.0 Å². The van der Waals surface area contributed by atoms with Gasteiger partial charge in [-0.05, 0) is 31.5 Å². The summed E-state index contributed by atoms with van der Waals surface area (Å²) in [7, 11) is 1.70. The molecule has 0 fully saturated rings. The molecule has 0 radical (unpaired) electrons. The van der Waals surface area contributed by atoms with E-state index in [0.29, 0.717) is 5.39 Å². The number of fused-ring (bicyclic) bond motifs is 1. The van der Waals surface area contributed by atoms with Crippen LogP contribution < -0.4 is 5.56 Å². The second kappa shape index (κ2) is 4.60. The van der Waals surface area contributed by atoms with Crippen molar-refractivity contribution in [3.05, 3.63) is 63.9 Å². The number of benzene rings is 2. The first-order chi connectivity index (χ1) is 9.58. The fourth-order valence-corrected chi connectivity index (χ4v) is 2.49. The van der Waals surface area contributed by atoms with Crippen LogP contribution in [0.15, 0.2) is 47.3 Å². The molecule has 3 rings (SSSR count). The van der Waals surface area contributed by atoms with Crippen LogP contribution in [0.25, 0.3) is 22.0 Å². The van der Waals surface area contributed by atoms with Crippen molar-refractivity contribution in [3.63, 3.8) is 0 Å². The second-order valence-electron chi connectivity index (χ2n) is 5.14. The lowest BCUT2D eigenvalue weighted by Gasteiger charge is -2.11. The molecule has 0 saturated carbocycles. The lowest BCUT2D eigenvalue weighted by Crippen LogP contribution is -2.20. The molecule has 0 spiro atoms. The smallest absolute Gasteiger partial charge is 0.267 e. The Morgan fingerprint density at radius 2 is 1.70 bits per heavy atom. The van der Waals surface area contributed by atoms with Crippen molar-refractivity contribution in [3.8, 4) is 11.3 Å². The van der Waals surface area contributed by atoms with Gasteiger partial charge in [0.2, 0.25) is 0 Å². The summed E-state index contributed by atoms with van der Waals surface area (Å²) in [5.74, 6) is 0. The molecular weight excluding hydrogens is 248 g/mol. The highest BCUT2D eigenvalue weighted by atomic mass is 16.1. The maximum atomic E-state index is 12.2. The number of rotatable bonds is 1. The summed E-state index contributed by atoms with van der Waals surface area (Å²) in [5, 5.41) is 6.09. The Morgan fingerprint density at radius 3 is 2.45 bits per heavy atom. The molecule has 1 heterocycles. The van der Waals surface area contributed by atoms with Crippen LogP contribution in [0.3, 0.4) is 0 Å². The predicted molar refractivity (Wildman–Crippen MR) is 81.9 cm³/mol. The van der Waals surface area contributed by atoms with Crippen LogP contribution in [0, 0.1) is 13.8 Å². The van der Waals surface area contributed by atoms with Crippen molar-refractivity contribution in [1.82, 2.24) is 9.78 Å². The molecular formula is C17H16N2O. The first kappa shape index (κ1) is 12.6. The van der Waals surface area contributed by atoms with Crippen LogP contribution in [0.1, 0.15) is 11.1 Å². The first-order valence-corrected chi connectivity index (χ1v) is 6.61. The zero-order valence-corrected chi connectivity index (χ0v) is 11.8. The summed E-state index contributed by atoms with van der Waals surface area (Å²) < 4.78 is 1.42. The van der Waals surface area contributed by atoms with Crippen LogP contribution in [-0.2, 0) is 7.05 Å². The molecule has 0 unspecified atom stereocenters. The molecule has 20 heavy (non-hydrogen) atoms. The van der Waals surface area contributed by atoms with Gasteiger partial charge in [-0.1, -0.05) is 35.9 Å². The fourth-order valence-electron chi connectivity index (χ4n) is 2.49. The minimum absolute atomic E-state index is 0.0605. The highest BCUT2D eigenvalue weighted by Gasteiger charge is 2.12. The Bertz CT molecular complexity index is 862. The van der Waals surface area contributed by atoms with Crippen molar-refractivity contribution >= 4 is 10.8 Å². The molecule has 2 aromatic carbocycles. The van der Waals surface area contributed by atoms with E-state index in [0.717, 1.165) is 22.2 Å². The van der Waals surface area contributed by atoms with Crippen molar-refractivity contribution in [2.24, 2.45) is 7.05 Å². The molecule has 0 aliphatic rings. The summed E-state index contributed by atoms with van der Waals surface area (Å²) in [6.45, 7) is 4.13. The van der Waals surface area contributed by atoms with Crippen LogP contribution >= 0.6 is 0 Å². The number of hydrogen-bond acceptors (Lipinski definition) is 2. The fraction of sp³-hybridized carbons (Fsp3) is 0.176. The van der Waals surface area contributed by atoms with Gasteiger partial charge < -0.3 is 0 Å². The average molecular weight is 264 g/mol. The normalized spacial score (nSPS) is 10.9. The third-order valence-corrected chi connectivity index (χ3v) is 3.60. The highest BCUT2D eigenvalue weighted by molar-refractivity contribution is 5.94. The minimum Gasteiger partial charge on any atom is -0.267 e. The molecule has 1 aromatic heterocycles. The van der Waals surface area contributed by atoms with E-state index < -0.39 is 0 Å². The second-order valence-corrected chi connectivity index (χ2v) is 5.14. The van der Waals surface area contributed by atoms with Gasteiger partial charge in [0.25, 0.3) is 5.56 Å². The van der Waals surface area contributed by atoms with Crippen molar-refractivity contribution in [2.75, 3.05) is 0 Å². The summed E-state index contributed by atoms with van der Waals surface area (Å²) in [6.07, 6.45) is 0. The molecule has 3 aromatic rings. The van der Waals surface area contributed by atoms with Gasteiger partial charge in [0.1, 0.15) is 0 Å². The third-order valence-electron chi connectivity index (χ3n) is 3.60. The van der Waals surface area contributed by atoms with Crippen LogP contribution in [0.4, 0.5) is 0 Å². The molecule has 0 bridgehead atoms. The largest absolute Gasteiger partial charge is 0.274 e. The lowest BCUT2D eigenvalue weighted by atomic mass is 9.99. The van der Waals surface area contributed by atoms with Gasteiger partial charge in [-0.25, -0.2) is 4.68 Å². The van der Waals surface area contributed by atoms with E-state index in [1.807, 2.05) is 24.3 Å². The van der Waals surface area contributed by atoms with Crippen LogP contribution in [-0.4, -0.2) is 9.78 Å². The number of aryl methyl sites for hydroxylation is 3. The minimum atomic E-state index is -0.0605. The van der Waals surface area contributed by atoms with Crippen molar-refractivity contribution < 1.29 is 0 Å². The molecule has 3 heteroatoms. The Labute approximate surface area is 117 Å². The van der Waals surface area contributed by atoms with Crippen LogP contribution in [0.2, 0.25) is 0 Å². The Balaban J connectivity index is 2.45. The maximum absolute atomic E-state index is 12.2. The van der Waals surface area contributed by atoms with E-state index in [9.17, 15) is 4.79 Å². The molecule has 0 saturated heterocycles. The molecule has 3 nitrogen and oxygen atoms in total. The van der Waals surface area contributed by atoms with E-state index in [1.54, 1.807) is 7.05 Å². The molecule has 0 atom stereocenters. The summed E-state index contributed by atoms with van der Waals surface area (Å²) in [4.78, 5) is 12.2. The van der Waals surface area contributed by atoms with Gasteiger partial charge >= 0.3 is 0 Å². The zero-order valence-electron chi connectivity index (χ0n) is 11.8. The van der Waals surface area contributed by atoms with Gasteiger partial charge in [-0.2, -0.15) is 5.10 Å². The number of aromatic nitrogens is 2. The van der Waals surface area contributed by atoms with Crippen molar-refractivity contribution in [2.45, 2.75) is 13.8 Å². The third kappa shape index (κ3) is 1.92. The molecule has 0 amide bonds. The first-order valence-electron chi connectivity index (χ1n) is 6.61. The summed E-state index contributed by atoms with van der Waals surface area (Å²) in [5.41, 5.74) is 4.23. The topological polar surface area (TPSA) is 34.9 Å². The predicted octanol–water partition coefficient (Wildman–Crippen LogP) is 3.22. The number of nitrogens with zero attached hydrogens (tertiary/aromatic N) is 2. The summed E-state index contributed by atoms with van der Waals surface area (Å²) in [6, 6.07) is 13.9. The zero-order chi connectivity index (χ0) is 14.3. The van der Waals surface area contributed by atoms with Gasteiger partial charge in [-0.3, -0.25) is 4.79 Å². The average Bonchev–Trinajstić information content (AvgIpc) is 2.46. The maximum Gasteiger partial charge on any atom is 0.274 e. The van der Waals surface area contributed by atoms with E-state index >= 15 is 0 Å². The Kier molecular flexibility index (Phi) is 2.90. The van der Waals surface area contributed by atoms with Crippen molar-refractivity contribution in [1.29, 1.82) is 0 Å². The Hall–Kier alpha value is -2.42. The molecule has 0 aliphatic heterocycles. The van der Waals surface area contributed by atoms with E-state index in [2.05, 4.69) is 37.1 Å².